The van der Waals surface area contributed by atoms with Crippen LogP contribution in [-0.4, -0.2) is 86.5 Å². The molecule has 2 fully saturated rings. The molecule has 1 aliphatic carbocycles. The predicted octanol–water partition coefficient (Wildman–Crippen LogP) is 2.40. The van der Waals surface area contributed by atoms with E-state index in [4.69, 9.17) is 9.47 Å². The van der Waals surface area contributed by atoms with Crippen molar-refractivity contribution in [1.82, 2.24) is 15.0 Å². The number of nitrogens with zero attached hydrogens (tertiary/aromatic N) is 5. The van der Waals surface area contributed by atoms with Crippen LogP contribution in [0.25, 0.3) is 11.3 Å². The highest BCUT2D eigenvalue weighted by Crippen LogP contribution is 2.38. The summed E-state index contributed by atoms with van der Waals surface area (Å²) in [4.78, 5) is 15.6. The molecule has 11 nitrogen and oxygen atoms in total. The predicted molar refractivity (Wildman–Crippen MR) is 147 cm³/mol. The van der Waals surface area contributed by atoms with Gasteiger partial charge in [-0.2, -0.15) is 5.26 Å². The minimum absolute atomic E-state index is 0.0271. The van der Waals surface area contributed by atoms with Crippen molar-refractivity contribution in [1.29, 1.82) is 5.26 Å². The van der Waals surface area contributed by atoms with Gasteiger partial charge in [-0.25, -0.2) is 13.5 Å². The van der Waals surface area contributed by atoms with Crippen LogP contribution in [-0.2, 0) is 14.3 Å². The third-order valence-electron chi connectivity index (χ3n) is 7.81. The standard InChI is InChI=1S/C28H28BrF2N5O6/c1-13-3-4-17(23(31)22(13)30)18-11-35(34-33-18)24-25(39)21(12-37)42-27(26(24)41-2)28(40)36(19-5-6-20(19)38)16-8-14(10-32)7-15(29)9-16/h3-4,7-9,11,19-21,24-27,37-39H,5-6,12H2,1-2H3/t19-,20-,21?,24?,25?,26?,27?/m1/s1. The number of hydrogen-bond acceptors (Lipinski definition) is 9. The Morgan fingerprint density at radius 2 is 2.02 bits per heavy atom. The lowest BCUT2D eigenvalue weighted by Crippen LogP contribution is -2.64. The topological polar surface area (TPSA) is 154 Å². The summed E-state index contributed by atoms with van der Waals surface area (Å²) in [6, 6.07) is 7.73. The Morgan fingerprint density at radius 1 is 1.26 bits per heavy atom. The molecule has 0 spiro atoms. The molecular weight excluding hydrogens is 620 g/mol. The number of carbonyl (C=O) groups is 1. The number of ether oxygens (including phenoxy) is 2. The van der Waals surface area contributed by atoms with E-state index in [0.717, 1.165) is 0 Å². The van der Waals surface area contributed by atoms with Crippen molar-refractivity contribution in [2.45, 2.75) is 62.4 Å². The third kappa shape index (κ3) is 5.32. The molecule has 3 N–H and O–H groups in total. The van der Waals surface area contributed by atoms with E-state index in [1.165, 1.54) is 48.0 Å². The molecule has 14 heteroatoms. The van der Waals surface area contributed by atoms with Gasteiger partial charge in [-0.15, -0.1) is 5.10 Å². The van der Waals surface area contributed by atoms with Gasteiger partial charge in [0.2, 0.25) is 0 Å². The summed E-state index contributed by atoms with van der Waals surface area (Å²) in [5.74, 6) is -2.78. The molecule has 222 valence electrons. The number of aliphatic hydroxyl groups is 3. The summed E-state index contributed by atoms with van der Waals surface area (Å²) < 4.78 is 42.3. The summed E-state index contributed by atoms with van der Waals surface area (Å²) >= 11 is 3.36. The molecule has 2 aromatic carbocycles. The van der Waals surface area contributed by atoms with Crippen molar-refractivity contribution < 1.29 is 38.4 Å². The molecule has 1 saturated carbocycles. The number of amides is 1. The second-order valence-corrected chi connectivity index (χ2v) is 11.2. The lowest BCUT2D eigenvalue weighted by molar-refractivity contribution is -0.211. The number of anilines is 1. The monoisotopic (exact) mass is 647 g/mol. The highest BCUT2D eigenvalue weighted by atomic mass is 79.9. The summed E-state index contributed by atoms with van der Waals surface area (Å²) in [5, 5.41) is 49.3. The zero-order chi connectivity index (χ0) is 30.3. The van der Waals surface area contributed by atoms with Gasteiger partial charge in [0.05, 0.1) is 36.6 Å². The molecule has 0 bridgehead atoms. The Balaban J connectivity index is 1.54. The second kappa shape index (κ2) is 12.1. The van der Waals surface area contributed by atoms with Gasteiger partial charge >= 0.3 is 0 Å². The molecular formula is C28H28BrF2N5O6. The van der Waals surface area contributed by atoms with Crippen LogP contribution in [0.4, 0.5) is 14.5 Å². The van der Waals surface area contributed by atoms with E-state index in [1.807, 2.05) is 6.07 Å². The zero-order valence-corrected chi connectivity index (χ0v) is 24.1. The van der Waals surface area contributed by atoms with E-state index in [9.17, 15) is 34.2 Å². The first-order valence-corrected chi connectivity index (χ1v) is 13.9. The molecule has 2 aliphatic rings. The Hall–Kier alpha value is -3.32. The number of halogens is 3. The van der Waals surface area contributed by atoms with Crippen molar-refractivity contribution in [3.8, 4) is 17.3 Å². The maximum absolute atomic E-state index is 14.7. The summed E-state index contributed by atoms with van der Waals surface area (Å²) in [6.45, 7) is 0.757. The molecule has 42 heavy (non-hydrogen) atoms. The number of aromatic nitrogens is 3. The van der Waals surface area contributed by atoms with Crippen LogP contribution in [0.1, 0.15) is 30.0 Å². The van der Waals surface area contributed by atoms with Crippen LogP contribution in [0.3, 0.4) is 0 Å². The summed E-state index contributed by atoms with van der Waals surface area (Å²) in [5.41, 5.74) is 0.537. The number of hydrogen-bond donors (Lipinski definition) is 3. The molecule has 7 atom stereocenters. The number of aryl methyl sites for hydroxylation is 1. The lowest BCUT2D eigenvalue weighted by Gasteiger charge is -2.47. The minimum atomic E-state index is -1.45. The Bertz CT molecular complexity index is 1530. The number of carbonyl (C=O) groups excluding carboxylic acids is 1. The van der Waals surface area contributed by atoms with E-state index in [0.29, 0.717) is 23.0 Å². The van der Waals surface area contributed by atoms with Crippen molar-refractivity contribution in [3.05, 3.63) is 63.8 Å². The molecule has 3 aromatic rings. The van der Waals surface area contributed by atoms with Crippen molar-refractivity contribution in [3.63, 3.8) is 0 Å². The molecule has 5 rings (SSSR count). The van der Waals surface area contributed by atoms with E-state index in [1.54, 1.807) is 12.1 Å². The Kier molecular flexibility index (Phi) is 8.70. The number of nitriles is 1. The van der Waals surface area contributed by atoms with Gasteiger partial charge < -0.3 is 29.7 Å². The average molecular weight is 648 g/mol. The van der Waals surface area contributed by atoms with Gasteiger partial charge in [-0.1, -0.05) is 27.2 Å². The largest absolute Gasteiger partial charge is 0.394 e. The maximum Gasteiger partial charge on any atom is 0.259 e. The fraction of sp³-hybridized carbons (Fsp3) is 0.429. The first kappa shape index (κ1) is 30.1. The van der Waals surface area contributed by atoms with E-state index in [-0.39, 0.29) is 22.4 Å². The molecule has 1 aliphatic heterocycles. The average Bonchev–Trinajstić information content (AvgIpc) is 3.46. The van der Waals surface area contributed by atoms with Crippen LogP contribution >= 0.6 is 15.9 Å². The van der Waals surface area contributed by atoms with Gasteiger partial charge in [-0.05, 0) is 49.6 Å². The normalized spacial score (nSPS) is 27.3. The SMILES string of the molecule is COC1C(C(=O)N(c2cc(Br)cc(C#N)c2)[C@@H]2CC[C@H]2O)OC(CO)C(O)C1n1cc(-c2ccc(C)c(F)c2F)nn1. The molecule has 2 heterocycles. The number of methoxy groups -OCH3 is 1. The summed E-state index contributed by atoms with van der Waals surface area (Å²) in [6.07, 6.45) is -3.93. The number of aliphatic hydroxyl groups excluding tert-OH is 3. The minimum Gasteiger partial charge on any atom is -0.394 e. The van der Waals surface area contributed by atoms with Crippen molar-refractivity contribution in [2.75, 3.05) is 18.6 Å². The smallest absolute Gasteiger partial charge is 0.259 e. The fourth-order valence-electron chi connectivity index (χ4n) is 5.41. The van der Waals surface area contributed by atoms with Gasteiger partial charge in [0.1, 0.15) is 30.0 Å². The maximum atomic E-state index is 14.7. The zero-order valence-electron chi connectivity index (χ0n) is 22.6. The third-order valence-corrected chi connectivity index (χ3v) is 8.27. The van der Waals surface area contributed by atoms with Crippen LogP contribution in [0.5, 0.6) is 0 Å². The number of benzene rings is 2. The first-order valence-electron chi connectivity index (χ1n) is 13.1. The number of rotatable bonds is 7. The fourth-order valence-corrected chi connectivity index (χ4v) is 5.89. The Morgan fingerprint density at radius 3 is 2.64 bits per heavy atom. The summed E-state index contributed by atoms with van der Waals surface area (Å²) in [7, 11) is 1.30. The van der Waals surface area contributed by atoms with Gasteiger partial charge in [0.25, 0.3) is 5.91 Å². The van der Waals surface area contributed by atoms with Gasteiger partial charge in [0.15, 0.2) is 17.7 Å². The quantitative estimate of drug-likeness (QED) is 0.351. The van der Waals surface area contributed by atoms with E-state index < -0.39 is 66.8 Å². The van der Waals surface area contributed by atoms with Gasteiger partial charge in [-0.3, -0.25) is 4.79 Å². The highest BCUT2D eigenvalue weighted by molar-refractivity contribution is 9.10. The molecule has 1 saturated heterocycles. The van der Waals surface area contributed by atoms with E-state index >= 15 is 0 Å². The molecule has 1 amide bonds. The van der Waals surface area contributed by atoms with E-state index in [2.05, 4.69) is 26.2 Å². The second-order valence-electron chi connectivity index (χ2n) is 10.3. The molecule has 0 radical (unpaired) electrons. The highest BCUT2D eigenvalue weighted by Gasteiger charge is 2.52. The van der Waals surface area contributed by atoms with Gasteiger partial charge in [0, 0.05) is 22.8 Å². The van der Waals surface area contributed by atoms with Crippen LogP contribution in [0.2, 0.25) is 0 Å². The first-order chi connectivity index (χ1) is 20.1. The van der Waals surface area contributed by atoms with Crippen LogP contribution in [0.15, 0.2) is 41.0 Å². The van der Waals surface area contributed by atoms with Crippen LogP contribution in [0, 0.1) is 29.9 Å². The molecule has 1 aromatic heterocycles. The Labute approximate surface area is 248 Å². The van der Waals surface area contributed by atoms with Crippen molar-refractivity contribution in [2.24, 2.45) is 0 Å². The lowest BCUT2D eigenvalue weighted by atomic mass is 9.85. The van der Waals surface area contributed by atoms with Crippen LogP contribution < -0.4 is 4.90 Å². The van der Waals surface area contributed by atoms with Crippen molar-refractivity contribution >= 4 is 27.5 Å². The molecule has 5 unspecified atom stereocenters.